The molecule has 124 valence electrons. The smallest absolute Gasteiger partial charge is 0.419 e. The molecule has 0 amide bonds. The summed E-state index contributed by atoms with van der Waals surface area (Å²) in [4.78, 5) is 26.7. The molecule has 3 rings (SSSR count). The first-order valence-corrected chi connectivity index (χ1v) is 7.82. The number of benzene rings is 1. The average molecular weight is 347 g/mol. The Kier molecular flexibility index (Phi) is 4.66. The van der Waals surface area contributed by atoms with Crippen LogP contribution in [0.3, 0.4) is 0 Å². The van der Waals surface area contributed by atoms with Crippen molar-refractivity contribution in [2.75, 3.05) is 0 Å². The molecule has 0 aliphatic heterocycles. The SMILES string of the molecule is CC(Oc1cc2oc(=O)n(CCC=O)c2cc1Cl)c1ccccn1. The average Bonchev–Trinajstić information content (AvgIpc) is 2.88. The predicted molar refractivity (Wildman–Crippen MR) is 89.4 cm³/mol. The number of aryl methyl sites for hydroxylation is 1. The Morgan fingerprint density at radius 3 is 2.96 bits per heavy atom. The molecule has 0 fully saturated rings. The molecular formula is C17H15ClN2O4. The van der Waals surface area contributed by atoms with E-state index in [0.717, 1.165) is 12.0 Å². The van der Waals surface area contributed by atoms with Gasteiger partial charge in [-0.2, -0.15) is 0 Å². The summed E-state index contributed by atoms with van der Waals surface area (Å²) in [5.41, 5.74) is 1.65. The molecule has 0 spiro atoms. The summed E-state index contributed by atoms with van der Waals surface area (Å²) < 4.78 is 12.4. The zero-order valence-electron chi connectivity index (χ0n) is 12.9. The Hall–Kier alpha value is -2.60. The van der Waals surface area contributed by atoms with Crippen molar-refractivity contribution in [1.29, 1.82) is 0 Å². The Morgan fingerprint density at radius 1 is 1.42 bits per heavy atom. The molecule has 1 unspecified atom stereocenters. The molecule has 2 aromatic heterocycles. The Bertz CT molecular complexity index is 917. The molecule has 0 radical (unpaired) electrons. The van der Waals surface area contributed by atoms with Gasteiger partial charge in [0.05, 0.1) is 16.2 Å². The van der Waals surface area contributed by atoms with Gasteiger partial charge in [0.15, 0.2) is 5.58 Å². The van der Waals surface area contributed by atoms with E-state index < -0.39 is 5.76 Å². The number of ether oxygens (including phenoxy) is 1. The van der Waals surface area contributed by atoms with Crippen LogP contribution in [0.5, 0.6) is 5.75 Å². The number of hydrogen-bond acceptors (Lipinski definition) is 5. The maximum atomic E-state index is 11.9. The zero-order chi connectivity index (χ0) is 17.1. The lowest BCUT2D eigenvalue weighted by molar-refractivity contribution is -0.108. The minimum Gasteiger partial charge on any atom is -0.483 e. The number of halogens is 1. The normalized spacial score (nSPS) is 12.2. The largest absolute Gasteiger partial charge is 0.483 e. The molecule has 0 aliphatic carbocycles. The second-order valence-corrected chi connectivity index (χ2v) is 5.65. The summed E-state index contributed by atoms with van der Waals surface area (Å²) in [6.45, 7) is 2.10. The highest BCUT2D eigenvalue weighted by atomic mass is 35.5. The van der Waals surface area contributed by atoms with Crippen LogP contribution in [0.2, 0.25) is 5.02 Å². The summed E-state index contributed by atoms with van der Waals surface area (Å²) in [6.07, 6.45) is 2.34. The standard InChI is InChI=1S/C17H15ClN2O4/c1-11(13-5-2-3-6-19-13)23-15-10-16-14(9-12(15)18)20(7-4-8-21)17(22)24-16/h2-3,5-6,8-11H,4,7H2,1H3. The molecule has 2 heterocycles. The Balaban J connectivity index is 1.94. The number of aromatic nitrogens is 2. The molecule has 24 heavy (non-hydrogen) atoms. The molecule has 1 aromatic carbocycles. The van der Waals surface area contributed by atoms with Crippen molar-refractivity contribution in [3.63, 3.8) is 0 Å². The number of fused-ring (bicyclic) bond motifs is 1. The van der Waals surface area contributed by atoms with E-state index >= 15 is 0 Å². The molecule has 0 bridgehead atoms. The third-order valence-corrected chi connectivity index (χ3v) is 3.90. The molecular weight excluding hydrogens is 332 g/mol. The van der Waals surface area contributed by atoms with E-state index in [9.17, 15) is 9.59 Å². The van der Waals surface area contributed by atoms with E-state index in [0.29, 0.717) is 21.9 Å². The van der Waals surface area contributed by atoms with Crippen LogP contribution in [0.25, 0.3) is 11.1 Å². The summed E-state index contributed by atoms with van der Waals surface area (Å²) >= 11 is 6.28. The fourth-order valence-electron chi connectivity index (χ4n) is 2.42. The van der Waals surface area contributed by atoms with Crippen molar-refractivity contribution in [2.24, 2.45) is 0 Å². The van der Waals surface area contributed by atoms with Gasteiger partial charge < -0.3 is 13.9 Å². The zero-order valence-corrected chi connectivity index (χ0v) is 13.7. The van der Waals surface area contributed by atoms with Crippen molar-refractivity contribution in [3.05, 3.63) is 57.8 Å². The summed E-state index contributed by atoms with van der Waals surface area (Å²) in [5.74, 6) is -0.128. The lowest BCUT2D eigenvalue weighted by Gasteiger charge is -2.15. The van der Waals surface area contributed by atoms with Gasteiger partial charge in [-0.1, -0.05) is 17.7 Å². The number of carbonyl (C=O) groups excluding carboxylic acids is 1. The van der Waals surface area contributed by atoms with Gasteiger partial charge in [-0.25, -0.2) is 4.79 Å². The maximum Gasteiger partial charge on any atom is 0.419 e. The van der Waals surface area contributed by atoms with Crippen LogP contribution >= 0.6 is 11.6 Å². The molecule has 0 N–H and O–H groups in total. The van der Waals surface area contributed by atoms with Gasteiger partial charge in [0.2, 0.25) is 0 Å². The first kappa shape index (κ1) is 16.3. The van der Waals surface area contributed by atoms with Crippen molar-refractivity contribution < 1.29 is 13.9 Å². The van der Waals surface area contributed by atoms with Gasteiger partial charge in [0.25, 0.3) is 0 Å². The van der Waals surface area contributed by atoms with Crippen LogP contribution in [0.4, 0.5) is 0 Å². The van der Waals surface area contributed by atoms with Crippen LogP contribution < -0.4 is 10.5 Å². The van der Waals surface area contributed by atoms with E-state index in [1.54, 1.807) is 18.3 Å². The van der Waals surface area contributed by atoms with E-state index in [1.165, 1.54) is 4.57 Å². The van der Waals surface area contributed by atoms with E-state index in [1.807, 2.05) is 25.1 Å². The third kappa shape index (κ3) is 3.19. The molecule has 7 heteroatoms. The fourth-order valence-corrected chi connectivity index (χ4v) is 2.62. The van der Waals surface area contributed by atoms with Crippen molar-refractivity contribution in [2.45, 2.75) is 26.0 Å². The van der Waals surface area contributed by atoms with Crippen LogP contribution in [-0.2, 0) is 11.3 Å². The van der Waals surface area contributed by atoms with Gasteiger partial charge in [-0.3, -0.25) is 9.55 Å². The molecule has 1 atom stereocenters. The quantitative estimate of drug-likeness (QED) is 0.640. The number of oxazole rings is 1. The Labute approximate surface area is 142 Å². The molecule has 0 saturated heterocycles. The number of rotatable bonds is 6. The van der Waals surface area contributed by atoms with Crippen molar-refractivity contribution in [3.8, 4) is 5.75 Å². The number of nitrogens with zero attached hydrogens (tertiary/aromatic N) is 2. The highest BCUT2D eigenvalue weighted by Crippen LogP contribution is 2.32. The van der Waals surface area contributed by atoms with Gasteiger partial charge in [0.1, 0.15) is 18.1 Å². The highest BCUT2D eigenvalue weighted by Gasteiger charge is 2.16. The topological polar surface area (TPSA) is 74.3 Å². The van der Waals surface area contributed by atoms with Crippen molar-refractivity contribution >= 4 is 29.0 Å². The second-order valence-electron chi connectivity index (χ2n) is 5.24. The number of pyridine rings is 1. The predicted octanol–water partition coefficient (Wildman–Crippen LogP) is 3.37. The number of carbonyl (C=O) groups is 1. The summed E-state index contributed by atoms with van der Waals surface area (Å²) in [6, 6.07) is 8.74. The highest BCUT2D eigenvalue weighted by molar-refractivity contribution is 6.32. The fraction of sp³-hybridized carbons (Fsp3) is 0.235. The molecule has 0 aliphatic rings. The number of aldehydes is 1. The van der Waals surface area contributed by atoms with Gasteiger partial charge in [0, 0.05) is 25.2 Å². The van der Waals surface area contributed by atoms with E-state index in [4.69, 9.17) is 20.8 Å². The van der Waals surface area contributed by atoms with Crippen molar-refractivity contribution in [1.82, 2.24) is 9.55 Å². The van der Waals surface area contributed by atoms with Crippen LogP contribution in [0.15, 0.2) is 45.7 Å². The first-order chi connectivity index (χ1) is 11.6. The minimum absolute atomic E-state index is 0.223. The second kappa shape index (κ2) is 6.88. The lowest BCUT2D eigenvalue weighted by atomic mass is 10.2. The van der Waals surface area contributed by atoms with E-state index in [-0.39, 0.29) is 19.1 Å². The molecule has 3 aromatic rings. The molecule has 0 saturated carbocycles. The summed E-state index contributed by atoms with van der Waals surface area (Å²) in [7, 11) is 0. The van der Waals surface area contributed by atoms with Crippen LogP contribution in [0.1, 0.15) is 25.1 Å². The van der Waals surface area contributed by atoms with Gasteiger partial charge >= 0.3 is 5.76 Å². The van der Waals surface area contributed by atoms with E-state index in [2.05, 4.69) is 4.98 Å². The third-order valence-electron chi connectivity index (χ3n) is 3.60. The minimum atomic E-state index is -0.530. The summed E-state index contributed by atoms with van der Waals surface area (Å²) in [5, 5.41) is 0.353. The van der Waals surface area contributed by atoms with Gasteiger partial charge in [-0.05, 0) is 25.1 Å². The Morgan fingerprint density at radius 2 is 2.25 bits per heavy atom. The first-order valence-electron chi connectivity index (χ1n) is 7.44. The van der Waals surface area contributed by atoms with Crippen LogP contribution in [0, 0.1) is 0 Å². The monoisotopic (exact) mass is 346 g/mol. The number of hydrogen-bond donors (Lipinski definition) is 0. The lowest BCUT2D eigenvalue weighted by Crippen LogP contribution is -2.14. The molecule has 6 nitrogen and oxygen atoms in total. The maximum absolute atomic E-state index is 11.9. The van der Waals surface area contributed by atoms with Crippen LogP contribution in [-0.4, -0.2) is 15.8 Å². The van der Waals surface area contributed by atoms with Gasteiger partial charge in [-0.15, -0.1) is 0 Å².